The van der Waals surface area contributed by atoms with Crippen molar-refractivity contribution in [1.29, 1.82) is 0 Å². The van der Waals surface area contributed by atoms with Gasteiger partial charge in [-0.25, -0.2) is 10.4 Å². The van der Waals surface area contributed by atoms with Crippen molar-refractivity contribution in [2.75, 3.05) is 6.54 Å². The number of hydrogen-bond acceptors (Lipinski definition) is 5. The Morgan fingerprint density at radius 3 is 2.65 bits per heavy atom. The number of amides is 2. The van der Waals surface area contributed by atoms with Gasteiger partial charge in [0.25, 0.3) is 0 Å². The molecule has 1 rings (SSSR count). The maximum Gasteiger partial charge on any atom is 0.236 e. The lowest BCUT2D eigenvalue weighted by Gasteiger charge is -2.11. The Morgan fingerprint density at radius 1 is 1.31 bits per heavy atom. The second-order valence-corrected chi connectivity index (χ2v) is 5.73. The van der Waals surface area contributed by atoms with E-state index in [4.69, 9.17) is 4.74 Å². The maximum atomic E-state index is 10.8. The third-order valence-electron chi connectivity index (χ3n) is 3.33. The molecule has 2 amide bonds. The number of allylic oxidation sites excluding steroid dienone is 1. The van der Waals surface area contributed by atoms with Crippen molar-refractivity contribution in [3.8, 4) is 5.75 Å². The minimum absolute atomic E-state index is 0.292. The molecule has 140 valence electrons. The lowest BCUT2D eigenvalue weighted by Crippen LogP contribution is -2.14. The van der Waals surface area contributed by atoms with Crippen LogP contribution in [0.3, 0.4) is 0 Å². The number of hydrazone groups is 2. The van der Waals surface area contributed by atoms with Crippen LogP contribution in [0.2, 0.25) is 0 Å². The van der Waals surface area contributed by atoms with Crippen LogP contribution in [0.1, 0.15) is 38.8 Å². The molecule has 0 saturated carbocycles. The molecule has 1 N–H and O–H groups in total. The molecule has 0 radical (unpaired) electrons. The quantitative estimate of drug-likeness (QED) is 0.302. The topological polar surface area (TPSA) is 83.4 Å². The standard InChI is InChI=1S/C19H26N4O3/c1-5-17-11-16(12-21-23(6-2)14-25)8-9-18(17)26-19(22-20-13-24)10-7-15(3)4/h7-15H,5-6H2,1-4H3,(H,20,24)/b10-7+,21-12+,22-19+. The first kappa shape index (κ1) is 21.1. The van der Waals surface area contributed by atoms with E-state index in [2.05, 4.69) is 15.6 Å². The van der Waals surface area contributed by atoms with Gasteiger partial charge >= 0.3 is 0 Å². The summed E-state index contributed by atoms with van der Waals surface area (Å²) in [5.41, 5.74) is 4.07. The highest BCUT2D eigenvalue weighted by Gasteiger charge is 2.07. The molecule has 0 unspecified atom stereocenters. The predicted octanol–water partition coefficient (Wildman–Crippen LogP) is 2.71. The van der Waals surface area contributed by atoms with Gasteiger partial charge in [-0.3, -0.25) is 9.59 Å². The molecule has 0 spiro atoms. The zero-order chi connectivity index (χ0) is 19.4. The van der Waals surface area contributed by atoms with Crippen LogP contribution in [-0.4, -0.2) is 36.5 Å². The fourth-order valence-electron chi connectivity index (χ4n) is 1.95. The molecular weight excluding hydrogens is 332 g/mol. The number of nitrogens with zero attached hydrogens (tertiary/aromatic N) is 3. The van der Waals surface area contributed by atoms with E-state index >= 15 is 0 Å². The number of rotatable bonds is 10. The van der Waals surface area contributed by atoms with Gasteiger partial charge in [0.2, 0.25) is 18.7 Å². The van der Waals surface area contributed by atoms with Crippen molar-refractivity contribution in [1.82, 2.24) is 10.4 Å². The highest BCUT2D eigenvalue weighted by molar-refractivity contribution is 5.90. The summed E-state index contributed by atoms with van der Waals surface area (Å²) in [5.74, 6) is 1.26. The van der Waals surface area contributed by atoms with Crippen LogP contribution in [-0.2, 0) is 16.0 Å². The number of carbonyl (C=O) groups is 2. The minimum atomic E-state index is 0.292. The van der Waals surface area contributed by atoms with Gasteiger partial charge < -0.3 is 4.74 Å². The summed E-state index contributed by atoms with van der Waals surface area (Å²) < 4.78 is 5.84. The summed E-state index contributed by atoms with van der Waals surface area (Å²) in [4.78, 5) is 21.3. The van der Waals surface area contributed by atoms with Crippen LogP contribution >= 0.6 is 0 Å². The Morgan fingerprint density at radius 2 is 2.08 bits per heavy atom. The highest BCUT2D eigenvalue weighted by Crippen LogP contribution is 2.21. The van der Waals surface area contributed by atoms with Crippen molar-refractivity contribution in [3.05, 3.63) is 41.5 Å². The highest BCUT2D eigenvalue weighted by atomic mass is 16.5. The van der Waals surface area contributed by atoms with E-state index in [1.54, 1.807) is 12.3 Å². The van der Waals surface area contributed by atoms with Crippen LogP contribution in [0.25, 0.3) is 0 Å². The second-order valence-electron chi connectivity index (χ2n) is 5.73. The normalized spacial score (nSPS) is 12.0. The molecule has 1 aromatic carbocycles. The average molecular weight is 358 g/mol. The van der Waals surface area contributed by atoms with Gasteiger partial charge in [0.15, 0.2) is 0 Å². The molecule has 0 fully saturated rings. The van der Waals surface area contributed by atoms with Crippen molar-refractivity contribution >= 4 is 24.9 Å². The van der Waals surface area contributed by atoms with Gasteiger partial charge in [-0.05, 0) is 54.7 Å². The van der Waals surface area contributed by atoms with E-state index in [1.807, 2.05) is 52.0 Å². The van der Waals surface area contributed by atoms with Crippen LogP contribution < -0.4 is 10.2 Å². The number of benzene rings is 1. The first-order valence-corrected chi connectivity index (χ1v) is 8.55. The molecule has 0 atom stereocenters. The largest absolute Gasteiger partial charge is 0.437 e. The Kier molecular flexibility index (Phi) is 9.38. The van der Waals surface area contributed by atoms with Gasteiger partial charge in [0.1, 0.15) is 5.75 Å². The van der Waals surface area contributed by atoms with E-state index < -0.39 is 0 Å². The van der Waals surface area contributed by atoms with Gasteiger partial charge in [-0.1, -0.05) is 26.8 Å². The monoisotopic (exact) mass is 358 g/mol. The summed E-state index contributed by atoms with van der Waals surface area (Å²) in [5, 5.41) is 9.32. The molecule has 7 nitrogen and oxygen atoms in total. The van der Waals surface area contributed by atoms with Crippen molar-refractivity contribution in [3.63, 3.8) is 0 Å². The Hall–Kier alpha value is -2.96. The number of nitrogens with one attached hydrogen (secondary N) is 1. The van der Waals surface area contributed by atoms with Gasteiger partial charge in [0.05, 0.1) is 6.21 Å². The van der Waals surface area contributed by atoms with Crippen LogP contribution in [0.15, 0.2) is 40.6 Å². The lowest BCUT2D eigenvalue weighted by molar-refractivity contribution is -0.118. The Balaban J connectivity index is 3.04. The molecule has 1 aromatic rings. The molecule has 0 bridgehead atoms. The van der Waals surface area contributed by atoms with Gasteiger partial charge in [-0.15, -0.1) is 5.10 Å². The number of carbonyl (C=O) groups excluding carboxylic acids is 2. The molecule has 0 aliphatic rings. The molecule has 0 saturated heterocycles. The zero-order valence-electron chi connectivity index (χ0n) is 15.7. The van der Waals surface area contributed by atoms with E-state index in [0.29, 0.717) is 36.9 Å². The summed E-state index contributed by atoms with van der Waals surface area (Å²) in [7, 11) is 0. The fraction of sp³-hybridized carbons (Fsp3) is 0.368. The molecule has 0 aliphatic carbocycles. The number of hydrogen-bond donors (Lipinski definition) is 1. The van der Waals surface area contributed by atoms with Gasteiger partial charge in [0, 0.05) is 6.54 Å². The fourth-order valence-corrected chi connectivity index (χ4v) is 1.95. The van der Waals surface area contributed by atoms with Crippen molar-refractivity contribution in [2.45, 2.75) is 34.1 Å². The van der Waals surface area contributed by atoms with Crippen LogP contribution in [0.4, 0.5) is 0 Å². The van der Waals surface area contributed by atoms with E-state index in [1.165, 1.54) is 5.01 Å². The second kappa shape index (κ2) is 11.6. The summed E-state index contributed by atoms with van der Waals surface area (Å²) in [6, 6.07) is 5.60. The maximum absolute atomic E-state index is 10.8. The van der Waals surface area contributed by atoms with E-state index in [9.17, 15) is 9.59 Å². The SMILES string of the molecule is CCc1cc(/C=N/N(C=O)CC)ccc1OC(/C=C/C(C)C)=N/NC=O. The molecule has 7 heteroatoms. The molecular formula is C19H26N4O3. The van der Waals surface area contributed by atoms with Crippen LogP contribution in [0.5, 0.6) is 5.75 Å². The molecule has 26 heavy (non-hydrogen) atoms. The molecule has 0 aromatic heterocycles. The lowest BCUT2D eigenvalue weighted by atomic mass is 10.1. The third kappa shape index (κ3) is 7.29. The van der Waals surface area contributed by atoms with Crippen LogP contribution in [0, 0.1) is 5.92 Å². The Labute approximate surface area is 154 Å². The predicted molar refractivity (Wildman–Crippen MR) is 103 cm³/mol. The smallest absolute Gasteiger partial charge is 0.236 e. The Bertz CT molecular complexity index is 681. The van der Waals surface area contributed by atoms with E-state index in [0.717, 1.165) is 17.5 Å². The van der Waals surface area contributed by atoms with E-state index in [-0.39, 0.29) is 0 Å². The van der Waals surface area contributed by atoms with Gasteiger partial charge in [-0.2, -0.15) is 5.10 Å². The van der Waals surface area contributed by atoms with Crippen molar-refractivity contribution in [2.24, 2.45) is 16.1 Å². The summed E-state index contributed by atoms with van der Waals surface area (Å²) in [6.45, 7) is 8.43. The summed E-state index contributed by atoms with van der Waals surface area (Å²) >= 11 is 0. The minimum Gasteiger partial charge on any atom is -0.437 e. The summed E-state index contributed by atoms with van der Waals surface area (Å²) in [6.07, 6.45) is 7.18. The zero-order valence-corrected chi connectivity index (χ0v) is 15.7. The first-order chi connectivity index (χ1) is 12.5. The number of aryl methyl sites for hydroxylation is 1. The average Bonchev–Trinajstić information content (AvgIpc) is 2.65. The van der Waals surface area contributed by atoms with Crippen molar-refractivity contribution < 1.29 is 14.3 Å². The number of ether oxygens (including phenoxy) is 1. The first-order valence-electron chi connectivity index (χ1n) is 8.55. The third-order valence-corrected chi connectivity index (χ3v) is 3.33. The molecule has 0 aliphatic heterocycles. The molecule has 0 heterocycles.